The van der Waals surface area contributed by atoms with E-state index in [9.17, 15) is 4.79 Å². The van der Waals surface area contributed by atoms with E-state index in [0.717, 1.165) is 3.57 Å². The summed E-state index contributed by atoms with van der Waals surface area (Å²) >= 11 is 2.09. The lowest BCUT2D eigenvalue weighted by Crippen LogP contribution is -2.41. The Morgan fingerprint density at radius 1 is 1.50 bits per heavy atom. The molecule has 0 unspecified atom stereocenters. The number of amides is 1. The van der Waals surface area contributed by atoms with Crippen LogP contribution in [0.3, 0.4) is 0 Å². The zero-order valence-electron chi connectivity index (χ0n) is 8.34. The normalized spacial score (nSPS) is 11.1. The summed E-state index contributed by atoms with van der Waals surface area (Å²) in [5.41, 5.74) is 0.104. The first kappa shape index (κ1) is 11.4. The molecule has 76 valence electrons. The Morgan fingerprint density at radius 2 is 2.14 bits per heavy atom. The zero-order valence-corrected chi connectivity index (χ0v) is 10.5. The summed E-state index contributed by atoms with van der Waals surface area (Å²) < 4.78 is 0.900. The van der Waals surface area contributed by atoms with Crippen LogP contribution in [-0.4, -0.2) is 21.6 Å². The quantitative estimate of drug-likeness (QED) is 0.802. The summed E-state index contributed by atoms with van der Waals surface area (Å²) in [5, 5.41) is 10.3. The van der Waals surface area contributed by atoms with E-state index in [2.05, 4.69) is 38.1 Å². The smallest absolute Gasteiger partial charge is 0.272 e. The van der Waals surface area contributed by atoms with E-state index in [1.807, 2.05) is 20.8 Å². The van der Waals surface area contributed by atoms with Crippen molar-refractivity contribution in [2.45, 2.75) is 26.3 Å². The van der Waals surface area contributed by atoms with Gasteiger partial charge in [-0.1, -0.05) is 0 Å². The Kier molecular flexibility index (Phi) is 3.41. The number of hydrogen-bond acceptors (Lipinski definition) is 3. The molecule has 0 saturated carbocycles. The number of rotatable bonds is 1. The molecule has 1 heterocycles. The third-order valence-corrected chi connectivity index (χ3v) is 1.93. The van der Waals surface area contributed by atoms with Crippen LogP contribution in [0.1, 0.15) is 31.3 Å². The summed E-state index contributed by atoms with van der Waals surface area (Å²) in [6.07, 6.45) is 1.61. The molecule has 0 spiro atoms. The molecule has 4 nitrogen and oxygen atoms in total. The van der Waals surface area contributed by atoms with Gasteiger partial charge < -0.3 is 5.32 Å². The molecule has 0 aromatic carbocycles. The first-order valence-electron chi connectivity index (χ1n) is 4.19. The van der Waals surface area contributed by atoms with E-state index in [1.54, 1.807) is 12.3 Å². The molecule has 0 fully saturated rings. The van der Waals surface area contributed by atoms with Crippen molar-refractivity contribution in [3.05, 3.63) is 21.5 Å². The molecule has 1 N–H and O–H groups in total. The fourth-order valence-corrected chi connectivity index (χ4v) is 1.28. The minimum absolute atomic E-state index is 0.191. The van der Waals surface area contributed by atoms with Crippen molar-refractivity contribution in [2.75, 3.05) is 0 Å². The second-order valence-corrected chi connectivity index (χ2v) is 5.21. The lowest BCUT2D eigenvalue weighted by molar-refractivity contribution is 0.0913. The van der Waals surface area contributed by atoms with Crippen LogP contribution in [0.25, 0.3) is 0 Å². The van der Waals surface area contributed by atoms with E-state index < -0.39 is 0 Å². The standard InChI is InChI=1S/C9H12IN3O/c1-9(2,3)12-8(14)7-4-6(10)5-11-13-7/h4-5H,1-3H3,(H,12,14). The fourth-order valence-electron chi connectivity index (χ4n) is 0.859. The lowest BCUT2D eigenvalue weighted by atomic mass is 10.1. The molecule has 5 heteroatoms. The number of nitrogens with zero attached hydrogens (tertiary/aromatic N) is 2. The van der Waals surface area contributed by atoms with Gasteiger partial charge in [0.25, 0.3) is 5.91 Å². The molecule has 1 amide bonds. The highest BCUT2D eigenvalue weighted by molar-refractivity contribution is 14.1. The minimum atomic E-state index is -0.250. The van der Waals surface area contributed by atoms with Crippen molar-refractivity contribution in [1.82, 2.24) is 15.5 Å². The van der Waals surface area contributed by atoms with Crippen LogP contribution in [0, 0.1) is 3.57 Å². The van der Waals surface area contributed by atoms with Crippen LogP contribution in [0.4, 0.5) is 0 Å². The van der Waals surface area contributed by atoms with Gasteiger partial charge in [-0.25, -0.2) is 0 Å². The maximum atomic E-state index is 11.6. The largest absolute Gasteiger partial charge is 0.346 e. The lowest BCUT2D eigenvalue weighted by Gasteiger charge is -2.19. The Bertz CT molecular complexity index is 346. The molecule has 0 atom stereocenters. The van der Waals surface area contributed by atoms with Crippen molar-refractivity contribution in [3.8, 4) is 0 Å². The van der Waals surface area contributed by atoms with Crippen LogP contribution < -0.4 is 5.32 Å². The third-order valence-electron chi connectivity index (χ3n) is 1.34. The van der Waals surface area contributed by atoms with Gasteiger partial charge in [-0.2, -0.15) is 5.10 Å². The SMILES string of the molecule is CC(C)(C)NC(=O)c1cc(I)cnn1. The summed E-state index contributed by atoms with van der Waals surface area (Å²) in [7, 11) is 0. The van der Waals surface area contributed by atoms with E-state index in [-0.39, 0.29) is 11.4 Å². The Morgan fingerprint density at radius 3 is 2.64 bits per heavy atom. The molecule has 1 aromatic heterocycles. The van der Waals surface area contributed by atoms with Crippen LogP contribution in [0.2, 0.25) is 0 Å². The van der Waals surface area contributed by atoms with Gasteiger partial charge in [0.15, 0.2) is 5.69 Å². The maximum Gasteiger partial charge on any atom is 0.272 e. The maximum absolute atomic E-state index is 11.6. The van der Waals surface area contributed by atoms with Gasteiger partial charge in [0.05, 0.1) is 6.20 Å². The summed E-state index contributed by atoms with van der Waals surface area (Å²) in [6.45, 7) is 5.77. The van der Waals surface area contributed by atoms with Crippen molar-refractivity contribution in [1.29, 1.82) is 0 Å². The summed E-state index contributed by atoms with van der Waals surface area (Å²) in [4.78, 5) is 11.6. The van der Waals surface area contributed by atoms with E-state index >= 15 is 0 Å². The topological polar surface area (TPSA) is 54.9 Å². The number of hydrogen-bond donors (Lipinski definition) is 1. The molecule has 1 rings (SSSR count). The molecule has 0 aliphatic rings. The first-order valence-corrected chi connectivity index (χ1v) is 5.27. The van der Waals surface area contributed by atoms with Gasteiger partial charge in [0.1, 0.15) is 0 Å². The highest BCUT2D eigenvalue weighted by atomic mass is 127. The summed E-state index contributed by atoms with van der Waals surface area (Å²) in [5.74, 6) is -0.191. The minimum Gasteiger partial charge on any atom is -0.346 e. The van der Waals surface area contributed by atoms with Crippen LogP contribution in [0.5, 0.6) is 0 Å². The van der Waals surface area contributed by atoms with Crippen LogP contribution in [0.15, 0.2) is 12.3 Å². The monoisotopic (exact) mass is 305 g/mol. The van der Waals surface area contributed by atoms with Crippen molar-refractivity contribution < 1.29 is 4.79 Å². The molecule has 14 heavy (non-hydrogen) atoms. The van der Waals surface area contributed by atoms with Gasteiger partial charge in [-0.3, -0.25) is 4.79 Å². The van der Waals surface area contributed by atoms with Gasteiger partial charge in [0, 0.05) is 9.11 Å². The average Bonchev–Trinajstić information content (AvgIpc) is 2.01. The van der Waals surface area contributed by atoms with Gasteiger partial charge in [-0.05, 0) is 49.4 Å². The van der Waals surface area contributed by atoms with E-state index in [0.29, 0.717) is 5.69 Å². The molecule has 0 saturated heterocycles. The number of carbonyl (C=O) groups is 1. The predicted octanol–water partition coefficient (Wildman–Crippen LogP) is 1.61. The predicted molar refractivity (Wildman–Crippen MR) is 62.0 cm³/mol. The van der Waals surface area contributed by atoms with E-state index in [1.165, 1.54) is 0 Å². The molecule has 0 bridgehead atoms. The highest BCUT2D eigenvalue weighted by Crippen LogP contribution is 2.05. The number of aromatic nitrogens is 2. The summed E-state index contributed by atoms with van der Waals surface area (Å²) in [6, 6.07) is 1.70. The van der Waals surface area contributed by atoms with Crippen LogP contribution >= 0.6 is 22.6 Å². The van der Waals surface area contributed by atoms with Crippen LogP contribution in [-0.2, 0) is 0 Å². The van der Waals surface area contributed by atoms with E-state index in [4.69, 9.17) is 0 Å². The Labute approximate surface area is 96.6 Å². The first-order chi connectivity index (χ1) is 6.38. The number of carbonyl (C=O) groups excluding carboxylic acids is 1. The zero-order chi connectivity index (χ0) is 10.8. The van der Waals surface area contributed by atoms with Gasteiger partial charge >= 0.3 is 0 Å². The van der Waals surface area contributed by atoms with Gasteiger partial charge in [0.2, 0.25) is 0 Å². The fraction of sp³-hybridized carbons (Fsp3) is 0.444. The van der Waals surface area contributed by atoms with Crippen molar-refractivity contribution >= 4 is 28.5 Å². The van der Waals surface area contributed by atoms with Crippen molar-refractivity contribution in [3.63, 3.8) is 0 Å². The van der Waals surface area contributed by atoms with Gasteiger partial charge in [-0.15, -0.1) is 5.10 Å². The molecule has 1 aromatic rings. The Balaban J connectivity index is 2.80. The third kappa shape index (κ3) is 3.57. The molecular formula is C9H12IN3O. The number of nitrogens with one attached hydrogen (secondary N) is 1. The molecule has 0 radical (unpaired) electrons. The molecule has 0 aliphatic heterocycles. The molecular weight excluding hydrogens is 293 g/mol. The van der Waals surface area contributed by atoms with Crippen molar-refractivity contribution in [2.24, 2.45) is 0 Å². The Hall–Kier alpha value is -0.720. The number of halogens is 1. The molecule has 0 aliphatic carbocycles. The highest BCUT2D eigenvalue weighted by Gasteiger charge is 2.16. The second kappa shape index (κ2) is 4.20. The second-order valence-electron chi connectivity index (χ2n) is 3.96. The average molecular weight is 305 g/mol.